The fraction of sp³-hybridized carbons (Fsp3) is 0.316. The Morgan fingerprint density at radius 3 is 2.37 bits per heavy atom. The van der Waals surface area contributed by atoms with Gasteiger partial charge in [-0.25, -0.2) is 8.42 Å². The second-order valence-electron chi connectivity index (χ2n) is 6.37. The van der Waals surface area contributed by atoms with Crippen molar-refractivity contribution in [2.24, 2.45) is 5.92 Å². The Hall–Kier alpha value is -2.09. The summed E-state index contributed by atoms with van der Waals surface area (Å²) in [6.45, 7) is 3.83. The van der Waals surface area contributed by atoms with E-state index in [2.05, 4.69) is 10.0 Å². The minimum absolute atomic E-state index is 0.0172. The molecule has 2 aromatic rings. The lowest BCUT2D eigenvalue weighted by molar-refractivity contribution is -0.123. The summed E-state index contributed by atoms with van der Waals surface area (Å²) in [6, 6.07) is 12.3. The summed E-state index contributed by atoms with van der Waals surface area (Å²) >= 11 is 5.87. The topological polar surface area (TPSA) is 84.5 Å². The van der Waals surface area contributed by atoms with Crippen molar-refractivity contribution in [1.82, 2.24) is 10.0 Å². The fourth-order valence-electron chi connectivity index (χ4n) is 2.40. The van der Waals surface area contributed by atoms with Crippen LogP contribution in [0.2, 0.25) is 5.02 Å². The fourth-order valence-corrected chi connectivity index (χ4v) is 4.05. The SMILES string of the molecule is COc1ccc(CNC(=O)[C@H](NS(=O)(=O)c2cccc(Cl)c2)C(C)C)cc1. The second kappa shape index (κ2) is 9.21. The smallest absolute Gasteiger partial charge is 0.241 e. The van der Waals surface area contributed by atoms with Gasteiger partial charge in [0.1, 0.15) is 11.8 Å². The third-order valence-corrected chi connectivity index (χ3v) is 5.64. The van der Waals surface area contributed by atoms with E-state index in [4.69, 9.17) is 16.3 Å². The molecule has 0 aromatic heterocycles. The highest BCUT2D eigenvalue weighted by molar-refractivity contribution is 7.89. The van der Waals surface area contributed by atoms with Crippen LogP contribution in [0.4, 0.5) is 0 Å². The quantitative estimate of drug-likeness (QED) is 0.700. The molecule has 0 aliphatic rings. The zero-order valence-electron chi connectivity index (χ0n) is 15.4. The molecule has 0 spiro atoms. The molecular weight excluding hydrogens is 388 g/mol. The van der Waals surface area contributed by atoms with E-state index in [1.54, 1.807) is 45.2 Å². The van der Waals surface area contributed by atoms with E-state index < -0.39 is 22.0 Å². The number of amides is 1. The van der Waals surface area contributed by atoms with Gasteiger partial charge in [-0.15, -0.1) is 0 Å². The second-order valence-corrected chi connectivity index (χ2v) is 8.52. The molecule has 8 heteroatoms. The molecule has 1 amide bonds. The van der Waals surface area contributed by atoms with Crippen LogP contribution < -0.4 is 14.8 Å². The highest BCUT2D eigenvalue weighted by Crippen LogP contribution is 2.17. The van der Waals surface area contributed by atoms with Crippen LogP contribution in [0.15, 0.2) is 53.4 Å². The van der Waals surface area contributed by atoms with E-state index >= 15 is 0 Å². The van der Waals surface area contributed by atoms with Gasteiger partial charge in [0.15, 0.2) is 0 Å². The number of carbonyl (C=O) groups is 1. The van der Waals surface area contributed by atoms with Crippen LogP contribution in [-0.4, -0.2) is 27.5 Å². The van der Waals surface area contributed by atoms with Gasteiger partial charge in [0.2, 0.25) is 15.9 Å². The zero-order valence-corrected chi connectivity index (χ0v) is 17.0. The van der Waals surface area contributed by atoms with E-state index in [9.17, 15) is 13.2 Å². The molecule has 0 aliphatic carbocycles. The van der Waals surface area contributed by atoms with E-state index in [0.29, 0.717) is 5.02 Å². The third-order valence-electron chi connectivity index (χ3n) is 3.96. The summed E-state index contributed by atoms with van der Waals surface area (Å²) in [6.07, 6.45) is 0. The number of rotatable bonds is 8. The molecule has 27 heavy (non-hydrogen) atoms. The maximum absolute atomic E-state index is 12.6. The molecule has 0 bridgehead atoms. The van der Waals surface area contributed by atoms with Crippen molar-refractivity contribution in [3.63, 3.8) is 0 Å². The van der Waals surface area contributed by atoms with Crippen molar-refractivity contribution in [3.05, 3.63) is 59.1 Å². The zero-order chi connectivity index (χ0) is 20.0. The van der Waals surface area contributed by atoms with Gasteiger partial charge in [-0.3, -0.25) is 4.79 Å². The van der Waals surface area contributed by atoms with Crippen molar-refractivity contribution in [2.45, 2.75) is 31.3 Å². The Bertz CT molecular complexity index is 883. The maximum Gasteiger partial charge on any atom is 0.241 e. The molecule has 2 rings (SSSR count). The van der Waals surface area contributed by atoms with Crippen molar-refractivity contribution >= 4 is 27.5 Å². The number of ether oxygens (including phenoxy) is 1. The van der Waals surface area contributed by atoms with Crippen molar-refractivity contribution in [2.75, 3.05) is 7.11 Å². The number of methoxy groups -OCH3 is 1. The molecule has 0 saturated heterocycles. The molecule has 2 N–H and O–H groups in total. The van der Waals surface area contributed by atoms with Crippen LogP contribution in [0, 0.1) is 5.92 Å². The summed E-state index contributed by atoms with van der Waals surface area (Å²) in [5.41, 5.74) is 0.879. The van der Waals surface area contributed by atoms with E-state index in [1.165, 1.54) is 12.1 Å². The van der Waals surface area contributed by atoms with Crippen LogP contribution in [0.25, 0.3) is 0 Å². The van der Waals surface area contributed by atoms with Gasteiger partial charge < -0.3 is 10.1 Å². The average molecular weight is 411 g/mol. The molecule has 0 heterocycles. The maximum atomic E-state index is 12.6. The summed E-state index contributed by atoms with van der Waals surface area (Å²) in [7, 11) is -2.30. The monoisotopic (exact) mass is 410 g/mol. The van der Waals surface area contributed by atoms with Gasteiger partial charge in [-0.05, 0) is 41.8 Å². The highest BCUT2D eigenvalue weighted by atomic mass is 35.5. The first-order chi connectivity index (χ1) is 12.7. The van der Waals surface area contributed by atoms with Gasteiger partial charge in [0.25, 0.3) is 0 Å². The lowest BCUT2D eigenvalue weighted by Crippen LogP contribution is -2.49. The van der Waals surface area contributed by atoms with Gasteiger partial charge in [-0.1, -0.05) is 43.6 Å². The Morgan fingerprint density at radius 2 is 1.81 bits per heavy atom. The molecule has 0 unspecified atom stereocenters. The first-order valence-electron chi connectivity index (χ1n) is 8.41. The standard InChI is InChI=1S/C19H23ClN2O4S/c1-13(2)18(22-27(24,25)17-6-4-5-15(20)11-17)19(23)21-12-14-7-9-16(26-3)10-8-14/h4-11,13,18,22H,12H2,1-3H3,(H,21,23)/t18-/m1/s1. The Balaban J connectivity index is 2.08. The number of nitrogens with one attached hydrogen (secondary N) is 2. The molecule has 0 aliphatic heterocycles. The minimum atomic E-state index is -3.88. The number of hydrogen-bond donors (Lipinski definition) is 2. The lowest BCUT2D eigenvalue weighted by Gasteiger charge is -2.21. The Morgan fingerprint density at radius 1 is 1.15 bits per heavy atom. The van der Waals surface area contributed by atoms with Gasteiger partial charge >= 0.3 is 0 Å². The number of carbonyl (C=O) groups excluding carboxylic acids is 1. The van der Waals surface area contributed by atoms with Crippen molar-refractivity contribution in [1.29, 1.82) is 0 Å². The predicted molar refractivity (Wildman–Crippen MR) is 105 cm³/mol. The van der Waals surface area contributed by atoms with Gasteiger partial charge in [-0.2, -0.15) is 4.72 Å². The molecule has 2 aromatic carbocycles. The van der Waals surface area contributed by atoms with Crippen molar-refractivity contribution in [3.8, 4) is 5.75 Å². The normalized spacial score (nSPS) is 12.6. The minimum Gasteiger partial charge on any atom is -0.497 e. The first kappa shape index (κ1) is 21.2. The number of benzene rings is 2. The summed E-state index contributed by atoms with van der Waals surface area (Å²) in [5, 5.41) is 3.08. The van der Waals surface area contributed by atoms with E-state index in [-0.39, 0.29) is 17.4 Å². The molecule has 1 atom stereocenters. The summed E-state index contributed by atoms with van der Waals surface area (Å²) < 4.78 is 32.7. The molecule has 6 nitrogen and oxygen atoms in total. The van der Waals surface area contributed by atoms with Crippen LogP contribution in [-0.2, 0) is 21.4 Å². The molecule has 0 saturated carbocycles. The number of sulfonamides is 1. The van der Waals surface area contributed by atoms with Crippen LogP contribution in [0.3, 0.4) is 0 Å². The Labute approximate surface area is 164 Å². The molecular formula is C19H23ClN2O4S. The van der Waals surface area contributed by atoms with Crippen LogP contribution in [0.5, 0.6) is 5.75 Å². The van der Waals surface area contributed by atoms with Crippen LogP contribution in [0.1, 0.15) is 19.4 Å². The first-order valence-corrected chi connectivity index (χ1v) is 10.3. The third kappa shape index (κ3) is 5.95. The lowest BCUT2D eigenvalue weighted by atomic mass is 10.0. The van der Waals surface area contributed by atoms with E-state index in [1.807, 2.05) is 12.1 Å². The predicted octanol–water partition coefficient (Wildman–Crippen LogP) is 2.97. The molecule has 0 radical (unpaired) electrons. The van der Waals surface area contributed by atoms with Crippen LogP contribution >= 0.6 is 11.6 Å². The van der Waals surface area contributed by atoms with E-state index in [0.717, 1.165) is 11.3 Å². The van der Waals surface area contributed by atoms with Crippen molar-refractivity contribution < 1.29 is 17.9 Å². The van der Waals surface area contributed by atoms with Gasteiger partial charge in [0, 0.05) is 11.6 Å². The highest BCUT2D eigenvalue weighted by Gasteiger charge is 2.28. The largest absolute Gasteiger partial charge is 0.497 e. The summed E-state index contributed by atoms with van der Waals surface area (Å²) in [4.78, 5) is 12.6. The summed E-state index contributed by atoms with van der Waals surface area (Å²) in [5.74, 6) is 0.0839. The Kier molecular flexibility index (Phi) is 7.24. The molecule has 146 valence electrons. The van der Waals surface area contributed by atoms with Gasteiger partial charge in [0.05, 0.1) is 12.0 Å². The average Bonchev–Trinajstić information content (AvgIpc) is 2.64. The number of halogens is 1. The molecule has 0 fully saturated rings. The number of hydrogen-bond acceptors (Lipinski definition) is 4.